The lowest BCUT2D eigenvalue weighted by Crippen LogP contribution is -2.06. The number of aromatic nitrogens is 6. The van der Waals surface area contributed by atoms with Crippen molar-refractivity contribution < 1.29 is 0 Å². The van der Waals surface area contributed by atoms with Gasteiger partial charge in [-0.15, -0.1) is 0 Å². The molecular weight excluding hydrogens is 452 g/mol. The van der Waals surface area contributed by atoms with Crippen LogP contribution in [0.1, 0.15) is 102 Å². The van der Waals surface area contributed by atoms with Crippen molar-refractivity contribution in [1.82, 2.24) is 29.9 Å². The SMILES string of the molecule is Nc1nc(N)nc(CCCCCCCCC#CC#CCCCCCCCCc2nc(N)nc(N)n2)n1. The highest BCUT2D eigenvalue weighted by Gasteiger charge is 2.02. The quantitative estimate of drug-likeness (QED) is 0.199. The first-order valence-electron chi connectivity index (χ1n) is 13.0. The Labute approximate surface area is 214 Å². The molecule has 0 fully saturated rings. The van der Waals surface area contributed by atoms with Crippen LogP contribution in [0.2, 0.25) is 0 Å². The number of nitrogens with two attached hydrogens (primary N) is 4. The van der Waals surface area contributed by atoms with Crippen LogP contribution in [0, 0.1) is 23.7 Å². The van der Waals surface area contributed by atoms with Gasteiger partial charge in [0.1, 0.15) is 11.6 Å². The maximum absolute atomic E-state index is 5.58. The summed E-state index contributed by atoms with van der Waals surface area (Å²) in [5.74, 6) is 14.4. The van der Waals surface area contributed by atoms with Crippen LogP contribution in [0.15, 0.2) is 0 Å². The maximum Gasteiger partial charge on any atom is 0.225 e. The minimum absolute atomic E-state index is 0.193. The third-order valence-electron chi connectivity index (χ3n) is 5.58. The molecule has 0 bridgehead atoms. The summed E-state index contributed by atoms with van der Waals surface area (Å²) >= 11 is 0. The predicted octanol–water partition coefficient (Wildman–Crippen LogP) is 3.64. The van der Waals surface area contributed by atoms with Gasteiger partial charge in [0.05, 0.1) is 0 Å². The van der Waals surface area contributed by atoms with E-state index in [9.17, 15) is 0 Å². The summed E-state index contributed by atoms with van der Waals surface area (Å²) in [6.45, 7) is 0. The van der Waals surface area contributed by atoms with Crippen LogP contribution in [-0.4, -0.2) is 29.9 Å². The Morgan fingerprint density at radius 3 is 1.06 bits per heavy atom. The molecule has 0 saturated carbocycles. The average Bonchev–Trinajstić information content (AvgIpc) is 2.81. The van der Waals surface area contributed by atoms with E-state index in [0.29, 0.717) is 11.6 Å². The number of anilines is 4. The molecule has 0 radical (unpaired) electrons. The van der Waals surface area contributed by atoms with Crippen molar-refractivity contribution in [3.63, 3.8) is 0 Å². The first kappa shape index (κ1) is 28.6. The van der Waals surface area contributed by atoms with E-state index < -0.39 is 0 Å². The smallest absolute Gasteiger partial charge is 0.225 e. The van der Waals surface area contributed by atoms with E-state index in [4.69, 9.17) is 22.9 Å². The van der Waals surface area contributed by atoms with E-state index in [2.05, 4.69) is 53.6 Å². The molecule has 194 valence electrons. The molecule has 10 heteroatoms. The normalized spacial score (nSPS) is 10.3. The molecule has 2 rings (SSSR count). The lowest BCUT2D eigenvalue weighted by molar-refractivity contribution is 0.593. The first-order chi connectivity index (χ1) is 17.5. The van der Waals surface area contributed by atoms with E-state index >= 15 is 0 Å². The molecule has 0 atom stereocenters. The zero-order valence-corrected chi connectivity index (χ0v) is 21.3. The summed E-state index contributed by atoms with van der Waals surface area (Å²) in [6, 6.07) is 0. The highest BCUT2D eigenvalue weighted by molar-refractivity contribution is 5.27. The molecule has 0 amide bonds. The van der Waals surface area contributed by atoms with Gasteiger partial charge in [-0.2, -0.15) is 29.9 Å². The fraction of sp³-hybridized carbons (Fsp3) is 0.615. The molecule has 36 heavy (non-hydrogen) atoms. The molecule has 0 saturated heterocycles. The Hall–Kier alpha value is -3.66. The van der Waals surface area contributed by atoms with Gasteiger partial charge >= 0.3 is 0 Å². The van der Waals surface area contributed by atoms with Crippen LogP contribution in [0.4, 0.5) is 23.8 Å². The molecule has 8 N–H and O–H groups in total. The Balaban J connectivity index is 1.35. The predicted molar refractivity (Wildman–Crippen MR) is 145 cm³/mol. The highest BCUT2D eigenvalue weighted by Crippen LogP contribution is 2.11. The van der Waals surface area contributed by atoms with Crippen molar-refractivity contribution >= 4 is 23.8 Å². The van der Waals surface area contributed by atoms with E-state index in [1.807, 2.05) is 0 Å². The molecule has 0 aliphatic carbocycles. The number of hydrogen-bond donors (Lipinski definition) is 4. The van der Waals surface area contributed by atoms with Gasteiger partial charge in [-0.3, -0.25) is 0 Å². The monoisotopic (exact) mass is 492 g/mol. The molecular formula is C26H40N10. The molecule has 0 spiro atoms. The summed E-state index contributed by atoms with van der Waals surface area (Å²) in [5, 5.41) is 0. The first-order valence-corrected chi connectivity index (χ1v) is 13.0. The Morgan fingerprint density at radius 2 is 0.694 bits per heavy atom. The third kappa shape index (κ3) is 13.9. The summed E-state index contributed by atoms with van der Waals surface area (Å²) < 4.78 is 0. The molecule has 0 aliphatic heterocycles. The van der Waals surface area contributed by atoms with Crippen LogP contribution in [0.25, 0.3) is 0 Å². The largest absolute Gasteiger partial charge is 0.368 e. The lowest BCUT2D eigenvalue weighted by atomic mass is 10.1. The Kier molecular flexibility index (Phi) is 14.1. The van der Waals surface area contributed by atoms with Crippen molar-refractivity contribution in [3.05, 3.63) is 11.6 Å². The van der Waals surface area contributed by atoms with Crippen LogP contribution in [0.5, 0.6) is 0 Å². The van der Waals surface area contributed by atoms with Gasteiger partial charge < -0.3 is 22.9 Å². The molecule has 2 aromatic rings. The fourth-order valence-electron chi connectivity index (χ4n) is 3.76. The Morgan fingerprint density at radius 1 is 0.389 bits per heavy atom. The minimum atomic E-state index is 0.193. The summed E-state index contributed by atoms with van der Waals surface area (Å²) in [7, 11) is 0. The van der Waals surface area contributed by atoms with Crippen molar-refractivity contribution in [2.24, 2.45) is 0 Å². The number of aryl methyl sites for hydroxylation is 2. The standard InChI is InChI=1S/C26H40N10/c27-23-31-21(32-24(28)35-23)19-17-15-13-11-9-7-5-3-1-2-4-6-8-10-12-14-16-18-20-22-33-25(29)36-26(30)34-22/h5-20H2,(H4,27,28,31,32,35)(H4,29,30,33,34,36). The Bertz CT molecular complexity index is 908. The maximum atomic E-state index is 5.58. The van der Waals surface area contributed by atoms with Gasteiger partial charge in [0.2, 0.25) is 23.8 Å². The highest BCUT2D eigenvalue weighted by atomic mass is 15.1. The number of hydrogen-bond acceptors (Lipinski definition) is 10. The lowest BCUT2D eigenvalue weighted by Gasteiger charge is -2.02. The average molecular weight is 493 g/mol. The summed E-state index contributed by atoms with van der Waals surface area (Å²) in [5.41, 5.74) is 22.3. The molecule has 0 aromatic carbocycles. The van der Waals surface area contributed by atoms with E-state index in [-0.39, 0.29) is 23.8 Å². The van der Waals surface area contributed by atoms with Gasteiger partial charge in [-0.05, 0) is 37.5 Å². The molecule has 0 unspecified atom stereocenters. The van der Waals surface area contributed by atoms with Crippen molar-refractivity contribution in [2.45, 2.75) is 103 Å². The van der Waals surface area contributed by atoms with Crippen LogP contribution in [0.3, 0.4) is 0 Å². The third-order valence-corrected chi connectivity index (χ3v) is 5.58. The van der Waals surface area contributed by atoms with Crippen molar-refractivity contribution in [3.8, 4) is 23.7 Å². The number of nitrogen functional groups attached to an aromatic ring is 4. The zero-order chi connectivity index (χ0) is 25.8. The topological polar surface area (TPSA) is 181 Å². The zero-order valence-electron chi connectivity index (χ0n) is 21.3. The van der Waals surface area contributed by atoms with Crippen molar-refractivity contribution in [1.29, 1.82) is 0 Å². The van der Waals surface area contributed by atoms with Crippen LogP contribution in [-0.2, 0) is 12.8 Å². The fourth-order valence-corrected chi connectivity index (χ4v) is 3.76. The van der Waals surface area contributed by atoms with E-state index in [0.717, 1.165) is 64.2 Å². The number of unbranched alkanes of at least 4 members (excludes halogenated alkanes) is 12. The van der Waals surface area contributed by atoms with E-state index in [1.54, 1.807) is 0 Å². The summed E-state index contributed by atoms with van der Waals surface area (Å²) in [6.07, 6.45) is 17.3. The molecule has 2 aromatic heterocycles. The molecule has 2 heterocycles. The number of nitrogens with zero attached hydrogens (tertiary/aromatic N) is 6. The molecule has 0 aliphatic rings. The second-order valence-corrected chi connectivity index (χ2v) is 8.78. The van der Waals surface area contributed by atoms with Gasteiger partial charge in [-0.1, -0.05) is 63.2 Å². The van der Waals surface area contributed by atoms with Crippen LogP contribution >= 0.6 is 0 Å². The molecule has 10 nitrogen and oxygen atoms in total. The van der Waals surface area contributed by atoms with Gasteiger partial charge in [-0.25, -0.2) is 0 Å². The van der Waals surface area contributed by atoms with E-state index in [1.165, 1.54) is 38.5 Å². The van der Waals surface area contributed by atoms with Crippen LogP contribution < -0.4 is 22.9 Å². The second-order valence-electron chi connectivity index (χ2n) is 8.78. The van der Waals surface area contributed by atoms with Crippen molar-refractivity contribution in [2.75, 3.05) is 22.9 Å². The minimum Gasteiger partial charge on any atom is -0.368 e. The summed E-state index contributed by atoms with van der Waals surface area (Å²) in [4.78, 5) is 24.0. The number of rotatable bonds is 16. The van der Waals surface area contributed by atoms with Gasteiger partial charge in [0, 0.05) is 25.7 Å². The van der Waals surface area contributed by atoms with Gasteiger partial charge in [0.15, 0.2) is 0 Å². The second kappa shape index (κ2) is 17.7. The van der Waals surface area contributed by atoms with Gasteiger partial charge in [0.25, 0.3) is 0 Å².